The van der Waals surface area contributed by atoms with Crippen LogP contribution >= 0.6 is 14.3 Å². The van der Waals surface area contributed by atoms with Crippen molar-refractivity contribution in [1.29, 1.82) is 0 Å². The summed E-state index contributed by atoms with van der Waals surface area (Å²) in [4.78, 5) is 0. The second kappa shape index (κ2) is 13.2. The molecule has 28 heavy (non-hydrogen) atoms. The van der Waals surface area contributed by atoms with E-state index >= 15 is 0 Å². The van der Waals surface area contributed by atoms with Gasteiger partial charge in [-0.3, -0.25) is 4.52 Å². The van der Waals surface area contributed by atoms with E-state index in [1.165, 1.54) is 76.0 Å². The first-order valence-corrected chi connectivity index (χ1v) is 19.8. The molecule has 2 nitrogen and oxygen atoms in total. The van der Waals surface area contributed by atoms with Crippen molar-refractivity contribution in [3.05, 3.63) is 0 Å². The van der Waals surface area contributed by atoms with E-state index in [1.54, 1.807) is 0 Å². The van der Waals surface area contributed by atoms with Crippen molar-refractivity contribution in [2.75, 3.05) is 24.6 Å². The van der Waals surface area contributed by atoms with Crippen molar-refractivity contribution in [2.45, 2.75) is 125 Å². The van der Waals surface area contributed by atoms with Crippen LogP contribution in [0.5, 0.6) is 0 Å². The first-order chi connectivity index (χ1) is 12.9. The molecule has 0 aliphatic rings. The summed E-state index contributed by atoms with van der Waals surface area (Å²) in [6, 6.07) is 0. The van der Waals surface area contributed by atoms with Crippen LogP contribution in [-0.4, -0.2) is 38.0 Å². The monoisotopic (exact) mass is 448 g/mol. The third-order valence-electron chi connectivity index (χ3n) is 5.58. The molecule has 0 aromatic heterocycles. The van der Waals surface area contributed by atoms with Gasteiger partial charge in [0.05, 0.1) is 7.21 Å². The fourth-order valence-electron chi connectivity index (χ4n) is 3.87. The van der Waals surface area contributed by atoms with Gasteiger partial charge in [-0.1, -0.05) is 93.8 Å². The van der Waals surface area contributed by atoms with Gasteiger partial charge in [-0.05, 0) is 50.2 Å². The zero-order chi connectivity index (χ0) is 21.9. The van der Waals surface area contributed by atoms with Gasteiger partial charge >= 0.3 is 0 Å². The maximum atomic E-state index is 6.14. The topological polar surface area (TPSA) is 24.7 Å². The molecule has 0 N–H and O–H groups in total. The van der Waals surface area contributed by atoms with E-state index in [1.807, 2.05) is 0 Å². The van der Waals surface area contributed by atoms with Crippen molar-refractivity contribution in [1.82, 2.24) is 0 Å². The van der Waals surface area contributed by atoms with Crippen LogP contribution in [-0.2, 0) is 0 Å². The van der Waals surface area contributed by atoms with E-state index in [-0.39, 0.29) is 0 Å². The van der Waals surface area contributed by atoms with Gasteiger partial charge in [0.15, 0.2) is 8.24 Å². The van der Waals surface area contributed by atoms with Crippen molar-refractivity contribution in [3.63, 3.8) is 0 Å². The van der Waals surface area contributed by atoms with Crippen molar-refractivity contribution < 1.29 is 0 Å². The van der Waals surface area contributed by atoms with Crippen LogP contribution in [0.25, 0.3) is 0 Å². The molecule has 0 unspecified atom stereocenters. The SMILES string of the molecule is CCCCP(CCCC)(=N[Si](C)(C)C)N=P(CCCC)(CCCC)C(C)(C)C. The van der Waals surface area contributed by atoms with Crippen LogP contribution < -0.4 is 0 Å². The molecule has 0 atom stereocenters. The molecule has 0 amide bonds. The Bertz CT molecular complexity index is 504. The van der Waals surface area contributed by atoms with Gasteiger partial charge in [0, 0.05) is 12.3 Å². The highest BCUT2D eigenvalue weighted by molar-refractivity contribution is 7.78. The fraction of sp³-hybridized carbons (Fsp3) is 1.00. The number of rotatable bonds is 14. The Hall–Kier alpha value is 0.677. The smallest absolute Gasteiger partial charge is 0.172 e. The summed E-state index contributed by atoms with van der Waals surface area (Å²) < 4.78 is 11.9. The standard InChI is InChI=1S/C23H54N2P2Si/c1-11-15-19-26(20-16-12-2,23(5,6)7)24-27(21-17-13-3,22-18-14-4)25-28(8,9)10/h11-22H2,1-10H3. The lowest BCUT2D eigenvalue weighted by molar-refractivity contribution is 0.748. The summed E-state index contributed by atoms with van der Waals surface area (Å²) in [5.41, 5.74) is 0. The molecule has 0 saturated heterocycles. The average molecular weight is 449 g/mol. The van der Waals surface area contributed by atoms with E-state index in [4.69, 9.17) is 8.93 Å². The first kappa shape index (κ1) is 28.7. The lowest BCUT2D eigenvalue weighted by atomic mass is 10.3. The molecule has 0 aliphatic carbocycles. The van der Waals surface area contributed by atoms with Crippen LogP contribution in [0.1, 0.15) is 99.8 Å². The maximum Gasteiger partial charge on any atom is 0.172 e. The lowest BCUT2D eigenvalue weighted by Crippen LogP contribution is -2.21. The molecule has 0 fully saturated rings. The van der Waals surface area contributed by atoms with Gasteiger partial charge in [0.25, 0.3) is 0 Å². The quantitative estimate of drug-likeness (QED) is 0.186. The molecule has 5 heteroatoms. The van der Waals surface area contributed by atoms with Crippen LogP contribution in [0.15, 0.2) is 8.93 Å². The second-order valence-electron chi connectivity index (χ2n) is 10.6. The van der Waals surface area contributed by atoms with Crippen LogP contribution in [0, 0.1) is 0 Å². The molecule has 170 valence electrons. The lowest BCUT2D eigenvalue weighted by Gasteiger charge is -2.41. The highest BCUT2D eigenvalue weighted by atomic mass is 31.2. The van der Waals surface area contributed by atoms with E-state index in [2.05, 4.69) is 68.1 Å². The van der Waals surface area contributed by atoms with Gasteiger partial charge < -0.3 is 4.41 Å². The molecular formula is C23H54N2P2Si. The summed E-state index contributed by atoms with van der Waals surface area (Å²) in [6.07, 6.45) is 15.7. The van der Waals surface area contributed by atoms with Crippen molar-refractivity contribution >= 4 is 22.5 Å². The van der Waals surface area contributed by atoms with Gasteiger partial charge in [0.2, 0.25) is 0 Å². The van der Waals surface area contributed by atoms with E-state index in [0.29, 0.717) is 5.16 Å². The third-order valence-corrected chi connectivity index (χ3v) is 18.8. The zero-order valence-corrected chi connectivity index (χ0v) is 24.1. The molecule has 0 aromatic rings. The molecule has 0 saturated carbocycles. The fourth-order valence-corrected chi connectivity index (χ4v) is 19.8. The molecule has 0 aliphatic heterocycles. The Morgan fingerprint density at radius 2 is 1.00 bits per heavy atom. The summed E-state index contributed by atoms with van der Waals surface area (Å²) in [7, 11) is -4.50. The molecule has 0 aromatic carbocycles. The summed E-state index contributed by atoms with van der Waals surface area (Å²) >= 11 is 0. The van der Waals surface area contributed by atoms with E-state index in [0.717, 1.165) is 0 Å². The minimum absolute atomic E-state index is 0.315. The predicted octanol–water partition coefficient (Wildman–Crippen LogP) is 10.1. The number of unbranched alkanes of at least 4 members (excludes halogenated alkanes) is 4. The Balaban J connectivity index is 6.80. The Labute approximate surface area is 180 Å². The number of nitrogens with zero attached hydrogens (tertiary/aromatic N) is 2. The predicted molar refractivity (Wildman–Crippen MR) is 141 cm³/mol. The number of hydrogen-bond acceptors (Lipinski definition) is 1. The van der Waals surface area contributed by atoms with Crippen molar-refractivity contribution in [3.8, 4) is 0 Å². The van der Waals surface area contributed by atoms with E-state index in [9.17, 15) is 0 Å². The Morgan fingerprint density at radius 1 is 0.643 bits per heavy atom. The summed E-state index contributed by atoms with van der Waals surface area (Å²) in [5.74, 6) is 0. The van der Waals surface area contributed by atoms with Gasteiger partial charge in [-0.2, -0.15) is 0 Å². The molecule has 0 heterocycles. The highest BCUT2D eigenvalue weighted by Gasteiger charge is 2.36. The molecule has 0 bridgehead atoms. The van der Waals surface area contributed by atoms with Gasteiger partial charge in [-0.15, -0.1) is 0 Å². The van der Waals surface area contributed by atoms with Crippen molar-refractivity contribution in [2.24, 2.45) is 8.93 Å². The number of hydrogen-bond donors (Lipinski definition) is 0. The Morgan fingerprint density at radius 3 is 1.29 bits per heavy atom. The molecule has 0 spiro atoms. The average Bonchev–Trinajstić information content (AvgIpc) is 2.58. The van der Waals surface area contributed by atoms with E-state index < -0.39 is 22.5 Å². The molecule has 0 rings (SSSR count). The molecule has 0 radical (unpaired) electrons. The first-order valence-electron chi connectivity index (χ1n) is 12.1. The van der Waals surface area contributed by atoms with Gasteiger partial charge in [-0.25, -0.2) is 0 Å². The highest BCUT2D eigenvalue weighted by Crippen LogP contribution is 2.70. The Kier molecular flexibility index (Phi) is 13.5. The van der Waals surface area contributed by atoms with Crippen LogP contribution in [0.4, 0.5) is 0 Å². The normalized spacial score (nSPS) is 13.6. The maximum absolute atomic E-state index is 6.14. The third kappa shape index (κ3) is 10.1. The van der Waals surface area contributed by atoms with Gasteiger partial charge in [0.1, 0.15) is 0 Å². The van der Waals surface area contributed by atoms with Crippen LogP contribution in [0.3, 0.4) is 0 Å². The summed E-state index contributed by atoms with van der Waals surface area (Å²) in [6.45, 7) is 24.2. The summed E-state index contributed by atoms with van der Waals surface area (Å²) in [5, 5.41) is 0.315. The largest absolute Gasteiger partial charge is 0.318 e. The van der Waals surface area contributed by atoms with Crippen LogP contribution in [0.2, 0.25) is 19.6 Å². The molecular weight excluding hydrogens is 394 g/mol. The zero-order valence-electron chi connectivity index (χ0n) is 21.3. The minimum Gasteiger partial charge on any atom is -0.318 e. The minimum atomic E-state index is -1.59. The second-order valence-corrected chi connectivity index (χ2v) is 23.2.